The minimum absolute atomic E-state index is 0.0648. The Morgan fingerprint density at radius 1 is 2.00 bits per heavy atom. The molecule has 0 amide bonds. The number of carbonyl (C=O) groups excluding carboxylic acids is 1. The summed E-state index contributed by atoms with van der Waals surface area (Å²) in [6.45, 7) is 3.19. The molecule has 0 spiro atoms. The van der Waals surface area contributed by atoms with Gasteiger partial charge in [-0.2, -0.15) is 0 Å². The lowest BCUT2D eigenvalue weighted by atomic mass is 10.7. The normalized spacial score (nSPS) is 6.60. The molecule has 28 valence electrons. The molecule has 1 nitrogen and oxygen atoms in total. The Kier molecular flexibility index (Phi) is 2.03. The van der Waals surface area contributed by atoms with Crippen molar-refractivity contribution in [1.29, 1.82) is 0 Å². The summed E-state index contributed by atoms with van der Waals surface area (Å²) in [4.78, 5) is 9.66. The quantitative estimate of drug-likeness (QED) is 0.338. The van der Waals surface area contributed by atoms with Crippen molar-refractivity contribution in [2.24, 2.45) is 0 Å². The van der Waals surface area contributed by atoms with Crippen LogP contribution in [0.3, 0.4) is 0 Å². The van der Waals surface area contributed by atoms with E-state index in [1.165, 1.54) is 6.08 Å². The Labute approximate surface area is 33.3 Å². The van der Waals surface area contributed by atoms with Gasteiger partial charge >= 0.3 is 0 Å². The molecule has 0 fully saturated rings. The molecule has 0 saturated heterocycles. The first-order chi connectivity index (χ1) is 2.27. The van der Waals surface area contributed by atoms with Gasteiger partial charge in [-0.05, 0) is 6.08 Å². The van der Waals surface area contributed by atoms with Gasteiger partial charge in [-0.25, -0.2) is 0 Å². The highest BCUT2D eigenvalue weighted by Crippen LogP contribution is 1.80. The number of hydrogen-bond acceptors (Lipinski definition) is 1. The van der Waals surface area contributed by atoms with Crippen LogP contribution in [0.25, 0.3) is 0 Å². The zero-order valence-electron chi connectivity index (χ0n) is 2.77. The Hall–Kier alpha value is -0.160. The fraction of sp³-hybridized carbons (Fsp3) is 0. The van der Waals surface area contributed by atoms with Crippen LogP contribution in [0.2, 0.25) is 0 Å². The topological polar surface area (TPSA) is 17.1 Å². The largest absolute Gasteiger partial charge is 0.290 e. The molecule has 0 radical (unpaired) electrons. The molecule has 0 rings (SSSR count). The first-order valence-corrected chi connectivity index (χ1v) is 1.77. The molecular formula is C3H5OP. The van der Waals surface area contributed by atoms with Crippen LogP contribution in [0.4, 0.5) is 0 Å². The maximum Gasteiger partial charge on any atom is 0.170 e. The van der Waals surface area contributed by atoms with Crippen LogP contribution in [-0.2, 0) is 4.79 Å². The fourth-order valence-electron chi connectivity index (χ4n) is 0. The van der Waals surface area contributed by atoms with Gasteiger partial charge in [0.15, 0.2) is 5.52 Å². The van der Waals surface area contributed by atoms with E-state index in [4.69, 9.17) is 0 Å². The van der Waals surface area contributed by atoms with Crippen molar-refractivity contribution in [1.82, 2.24) is 0 Å². The van der Waals surface area contributed by atoms with Gasteiger partial charge in [-0.3, -0.25) is 4.79 Å². The van der Waals surface area contributed by atoms with Gasteiger partial charge in [-0.15, -0.1) is 0 Å². The Balaban J connectivity index is 3.20. The molecule has 0 aliphatic rings. The van der Waals surface area contributed by atoms with Crippen LogP contribution in [0.5, 0.6) is 0 Å². The van der Waals surface area contributed by atoms with Crippen molar-refractivity contribution in [3.05, 3.63) is 12.7 Å². The number of hydrogen-bond donors (Lipinski definition) is 0. The van der Waals surface area contributed by atoms with Gasteiger partial charge in [0.1, 0.15) is 0 Å². The second-order valence-corrected chi connectivity index (χ2v) is 1.18. The first-order valence-electron chi connectivity index (χ1n) is 1.19. The third kappa shape index (κ3) is 3.84. The molecule has 0 aromatic carbocycles. The molecule has 0 N–H and O–H groups in total. The zero-order valence-corrected chi connectivity index (χ0v) is 3.92. The number of carbonyl (C=O) groups is 1. The van der Waals surface area contributed by atoms with Crippen LogP contribution < -0.4 is 0 Å². The van der Waals surface area contributed by atoms with E-state index in [-0.39, 0.29) is 5.52 Å². The molecule has 1 atom stereocenters. The lowest BCUT2D eigenvalue weighted by Gasteiger charge is -1.63. The zero-order chi connectivity index (χ0) is 4.28. The van der Waals surface area contributed by atoms with Crippen molar-refractivity contribution in [3.63, 3.8) is 0 Å². The summed E-state index contributed by atoms with van der Waals surface area (Å²) in [5, 5.41) is 0. The highest BCUT2D eigenvalue weighted by Gasteiger charge is 1.69. The third-order valence-corrected chi connectivity index (χ3v) is 0.437. The Bertz CT molecular complexity index is 57.9. The third-order valence-electron chi connectivity index (χ3n) is 0.201. The molecule has 5 heavy (non-hydrogen) atoms. The Morgan fingerprint density at radius 2 is 2.20 bits per heavy atom. The summed E-state index contributed by atoms with van der Waals surface area (Å²) in [6.07, 6.45) is 1.24. The van der Waals surface area contributed by atoms with Crippen molar-refractivity contribution < 1.29 is 4.79 Å². The Morgan fingerprint density at radius 3 is 2.20 bits per heavy atom. The van der Waals surface area contributed by atoms with E-state index >= 15 is 0 Å². The van der Waals surface area contributed by atoms with Crippen LogP contribution in [0, 0.1) is 0 Å². The van der Waals surface area contributed by atoms with Crippen LogP contribution >= 0.6 is 9.24 Å². The summed E-state index contributed by atoms with van der Waals surface area (Å²) in [5.41, 5.74) is -0.0648. The van der Waals surface area contributed by atoms with Gasteiger partial charge in [0.25, 0.3) is 0 Å². The summed E-state index contributed by atoms with van der Waals surface area (Å²) < 4.78 is 0. The monoisotopic (exact) mass is 88.0 g/mol. The van der Waals surface area contributed by atoms with Crippen molar-refractivity contribution in [2.75, 3.05) is 0 Å². The molecule has 0 aromatic rings. The molecule has 0 aliphatic carbocycles. The average molecular weight is 88.0 g/mol. The van der Waals surface area contributed by atoms with Gasteiger partial charge < -0.3 is 0 Å². The van der Waals surface area contributed by atoms with Crippen LogP contribution in [-0.4, -0.2) is 5.52 Å². The number of rotatable bonds is 1. The van der Waals surface area contributed by atoms with Gasteiger partial charge in [0, 0.05) is 0 Å². The molecule has 0 aliphatic heterocycles. The second kappa shape index (κ2) is 2.10. The molecule has 0 heterocycles. The van der Waals surface area contributed by atoms with E-state index in [0.717, 1.165) is 0 Å². The molecular weight excluding hydrogens is 83.0 g/mol. The highest BCUT2D eigenvalue weighted by molar-refractivity contribution is 7.40. The van der Waals surface area contributed by atoms with Crippen LogP contribution in [0.15, 0.2) is 12.7 Å². The molecule has 2 heteroatoms. The van der Waals surface area contributed by atoms with Crippen molar-refractivity contribution in [2.45, 2.75) is 0 Å². The predicted octanol–water partition coefficient (Wildman–Crippen LogP) is 0.574. The van der Waals surface area contributed by atoms with Crippen molar-refractivity contribution >= 4 is 14.8 Å². The lowest BCUT2D eigenvalue weighted by molar-refractivity contribution is -0.107. The summed E-state index contributed by atoms with van der Waals surface area (Å²) in [6, 6.07) is 0. The predicted molar refractivity (Wildman–Crippen MR) is 24.9 cm³/mol. The lowest BCUT2D eigenvalue weighted by Crippen LogP contribution is -1.66. The molecule has 0 bridgehead atoms. The van der Waals surface area contributed by atoms with Crippen molar-refractivity contribution in [3.8, 4) is 0 Å². The number of allylic oxidation sites excluding steroid dienone is 1. The van der Waals surface area contributed by atoms with E-state index in [1.807, 2.05) is 9.24 Å². The molecule has 0 aromatic heterocycles. The van der Waals surface area contributed by atoms with E-state index < -0.39 is 0 Å². The minimum atomic E-state index is -0.0648. The first kappa shape index (κ1) is 4.84. The highest BCUT2D eigenvalue weighted by atomic mass is 31.0. The standard InChI is InChI=1S/C3H5OP/c1-2-3(4)5/h2H,1,5H2. The molecule has 0 saturated carbocycles. The van der Waals surface area contributed by atoms with E-state index in [2.05, 4.69) is 6.58 Å². The van der Waals surface area contributed by atoms with E-state index in [9.17, 15) is 4.79 Å². The van der Waals surface area contributed by atoms with Gasteiger partial charge in [-0.1, -0.05) is 15.8 Å². The average Bonchev–Trinajstić information content (AvgIpc) is 1.38. The SMILES string of the molecule is C=CC(=O)P. The summed E-state index contributed by atoms with van der Waals surface area (Å²) in [7, 11) is 1.98. The van der Waals surface area contributed by atoms with Gasteiger partial charge in [0.05, 0.1) is 0 Å². The van der Waals surface area contributed by atoms with E-state index in [1.54, 1.807) is 0 Å². The second-order valence-electron chi connectivity index (χ2n) is 0.606. The van der Waals surface area contributed by atoms with Gasteiger partial charge in [0.2, 0.25) is 0 Å². The summed E-state index contributed by atoms with van der Waals surface area (Å²) >= 11 is 0. The van der Waals surface area contributed by atoms with E-state index in [0.29, 0.717) is 0 Å². The minimum Gasteiger partial charge on any atom is -0.290 e. The summed E-state index contributed by atoms with van der Waals surface area (Å²) in [5.74, 6) is 0. The maximum atomic E-state index is 9.66. The maximum absolute atomic E-state index is 9.66. The smallest absolute Gasteiger partial charge is 0.170 e. The fourth-order valence-corrected chi connectivity index (χ4v) is 0. The molecule has 1 unspecified atom stereocenters. The van der Waals surface area contributed by atoms with Crippen LogP contribution in [0.1, 0.15) is 0 Å².